The van der Waals surface area contributed by atoms with Crippen molar-refractivity contribution in [1.82, 2.24) is 5.32 Å². The van der Waals surface area contributed by atoms with Gasteiger partial charge in [0.25, 0.3) is 0 Å². The van der Waals surface area contributed by atoms with Gasteiger partial charge < -0.3 is 15.5 Å². The van der Waals surface area contributed by atoms with Crippen molar-refractivity contribution in [2.75, 3.05) is 0 Å². The van der Waals surface area contributed by atoms with Crippen LogP contribution in [0.5, 0.6) is 0 Å². The van der Waals surface area contributed by atoms with Gasteiger partial charge in [0.05, 0.1) is 0 Å². The third-order valence-corrected chi connectivity index (χ3v) is 2.02. The zero-order valence-electron chi connectivity index (χ0n) is 9.36. The smallest absolute Gasteiger partial charge is 0.326 e. The van der Waals surface area contributed by atoms with Gasteiger partial charge in [0.15, 0.2) is 0 Å². The second kappa shape index (κ2) is 6.40. The second-order valence-electron chi connectivity index (χ2n) is 3.95. The van der Waals surface area contributed by atoms with E-state index in [1.807, 2.05) is 13.8 Å². The van der Waals surface area contributed by atoms with Crippen LogP contribution < -0.4 is 5.32 Å². The number of carbonyl (C=O) groups excluding carboxylic acids is 1. The highest BCUT2D eigenvalue weighted by atomic mass is 16.4. The van der Waals surface area contributed by atoms with Crippen molar-refractivity contribution >= 4 is 11.9 Å². The van der Waals surface area contributed by atoms with Gasteiger partial charge in [0.1, 0.15) is 12.1 Å². The Morgan fingerprint density at radius 1 is 1.33 bits per heavy atom. The van der Waals surface area contributed by atoms with Gasteiger partial charge in [0, 0.05) is 0 Å². The number of carboxylic acids is 1. The molecule has 15 heavy (non-hydrogen) atoms. The molecule has 0 bridgehead atoms. The summed E-state index contributed by atoms with van der Waals surface area (Å²) >= 11 is 0. The summed E-state index contributed by atoms with van der Waals surface area (Å²) in [5.41, 5.74) is 0. The predicted molar refractivity (Wildman–Crippen MR) is 55.3 cm³/mol. The van der Waals surface area contributed by atoms with Crippen LogP contribution in [-0.2, 0) is 9.59 Å². The number of carboxylic acid groups (broad SMARTS) is 1. The molecule has 0 saturated heterocycles. The summed E-state index contributed by atoms with van der Waals surface area (Å²) in [7, 11) is 0. The molecule has 0 aromatic heterocycles. The molecular formula is C10H19NO4. The first-order valence-electron chi connectivity index (χ1n) is 5.09. The number of aliphatic hydroxyl groups excluding tert-OH is 1. The quantitative estimate of drug-likeness (QED) is 0.600. The summed E-state index contributed by atoms with van der Waals surface area (Å²) in [5.74, 6) is -1.50. The topological polar surface area (TPSA) is 86.6 Å². The fourth-order valence-electron chi connectivity index (χ4n) is 1.16. The number of hydrogen-bond acceptors (Lipinski definition) is 3. The molecule has 0 unspecified atom stereocenters. The average molecular weight is 217 g/mol. The van der Waals surface area contributed by atoms with Crippen molar-refractivity contribution in [3.05, 3.63) is 0 Å². The number of carbonyl (C=O) groups is 2. The summed E-state index contributed by atoms with van der Waals surface area (Å²) in [4.78, 5) is 21.9. The maximum Gasteiger partial charge on any atom is 0.326 e. The molecule has 0 aromatic rings. The third kappa shape index (κ3) is 5.37. The first kappa shape index (κ1) is 13.9. The van der Waals surface area contributed by atoms with Crippen molar-refractivity contribution in [2.45, 2.75) is 45.8 Å². The van der Waals surface area contributed by atoms with E-state index in [-0.39, 0.29) is 5.92 Å². The number of nitrogens with one attached hydrogen (secondary N) is 1. The fourth-order valence-corrected chi connectivity index (χ4v) is 1.16. The monoisotopic (exact) mass is 217 g/mol. The Kier molecular flexibility index (Phi) is 5.93. The van der Waals surface area contributed by atoms with E-state index in [1.54, 1.807) is 6.92 Å². The molecule has 0 rings (SSSR count). The maximum atomic E-state index is 11.3. The Morgan fingerprint density at radius 3 is 2.20 bits per heavy atom. The van der Waals surface area contributed by atoms with Crippen molar-refractivity contribution in [3.8, 4) is 0 Å². The van der Waals surface area contributed by atoms with Gasteiger partial charge >= 0.3 is 5.97 Å². The Morgan fingerprint density at radius 2 is 1.87 bits per heavy atom. The van der Waals surface area contributed by atoms with E-state index < -0.39 is 24.0 Å². The molecule has 1 amide bonds. The van der Waals surface area contributed by atoms with Gasteiger partial charge in [-0.25, -0.2) is 4.79 Å². The highest BCUT2D eigenvalue weighted by molar-refractivity contribution is 5.86. The van der Waals surface area contributed by atoms with Crippen LogP contribution in [0.15, 0.2) is 0 Å². The summed E-state index contributed by atoms with van der Waals surface area (Å²) in [6, 6.07) is -0.917. The molecule has 0 aromatic carbocycles. The molecule has 88 valence electrons. The van der Waals surface area contributed by atoms with E-state index in [2.05, 4.69) is 5.32 Å². The van der Waals surface area contributed by atoms with Crippen molar-refractivity contribution < 1.29 is 19.8 Å². The Balaban J connectivity index is 4.16. The normalized spacial score (nSPS) is 14.7. The van der Waals surface area contributed by atoms with Crippen LogP contribution in [0.25, 0.3) is 0 Å². The van der Waals surface area contributed by atoms with Crippen LogP contribution in [0.2, 0.25) is 0 Å². The standard InChI is InChI=1S/C10H19NO4/c1-4-7(10(14)15)11-9(13)8(12)5-6(2)3/h6-8,12H,4-5H2,1-3H3,(H,11,13)(H,14,15)/t7-,8-/m0/s1. The van der Waals surface area contributed by atoms with Gasteiger partial charge in [-0.1, -0.05) is 20.8 Å². The lowest BCUT2D eigenvalue weighted by Crippen LogP contribution is -2.45. The van der Waals surface area contributed by atoms with E-state index in [9.17, 15) is 14.7 Å². The van der Waals surface area contributed by atoms with Gasteiger partial charge in [-0.3, -0.25) is 4.79 Å². The highest BCUT2D eigenvalue weighted by Gasteiger charge is 2.22. The van der Waals surface area contributed by atoms with Crippen LogP contribution in [0, 0.1) is 5.92 Å². The van der Waals surface area contributed by atoms with Gasteiger partial charge in [-0.05, 0) is 18.8 Å². The summed E-state index contributed by atoms with van der Waals surface area (Å²) < 4.78 is 0. The first-order chi connectivity index (χ1) is 6.88. The molecule has 0 fully saturated rings. The maximum absolute atomic E-state index is 11.3. The minimum atomic E-state index is -1.13. The number of hydrogen-bond donors (Lipinski definition) is 3. The van der Waals surface area contributed by atoms with E-state index in [0.29, 0.717) is 12.8 Å². The number of rotatable bonds is 6. The minimum absolute atomic E-state index is 0.190. The van der Waals surface area contributed by atoms with Crippen molar-refractivity contribution in [1.29, 1.82) is 0 Å². The van der Waals surface area contributed by atoms with Crippen LogP contribution in [0.4, 0.5) is 0 Å². The second-order valence-corrected chi connectivity index (χ2v) is 3.95. The predicted octanol–water partition coefficient (Wildman–Crippen LogP) is 0.373. The van der Waals surface area contributed by atoms with E-state index in [1.165, 1.54) is 0 Å². The molecule has 2 atom stereocenters. The minimum Gasteiger partial charge on any atom is -0.480 e. The Labute approximate surface area is 89.5 Å². The summed E-state index contributed by atoms with van der Waals surface area (Å²) in [6.07, 6.45) is -0.490. The average Bonchev–Trinajstić information content (AvgIpc) is 2.11. The third-order valence-electron chi connectivity index (χ3n) is 2.02. The number of amides is 1. The SMILES string of the molecule is CC[C@H](NC(=O)[C@@H](O)CC(C)C)C(=O)O. The molecule has 5 nitrogen and oxygen atoms in total. The lowest BCUT2D eigenvalue weighted by molar-refractivity contribution is -0.143. The molecule has 0 heterocycles. The molecule has 0 radical (unpaired) electrons. The zero-order valence-corrected chi connectivity index (χ0v) is 9.36. The molecule has 0 aliphatic rings. The van der Waals surface area contributed by atoms with Gasteiger partial charge in [-0.2, -0.15) is 0 Å². The molecule has 0 aliphatic carbocycles. The number of aliphatic hydroxyl groups is 1. The van der Waals surface area contributed by atoms with E-state index in [0.717, 1.165) is 0 Å². The largest absolute Gasteiger partial charge is 0.480 e. The zero-order chi connectivity index (χ0) is 12.0. The Bertz CT molecular complexity index is 227. The van der Waals surface area contributed by atoms with Gasteiger partial charge in [-0.15, -0.1) is 0 Å². The Hall–Kier alpha value is -1.10. The molecule has 3 N–H and O–H groups in total. The summed E-state index contributed by atoms with van der Waals surface area (Å²) in [5, 5.41) is 20.4. The fraction of sp³-hybridized carbons (Fsp3) is 0.800. The molecular weight excluding hydrogens is 198 g/mol. The van der Waals surface area contributed by atoms with E-state index >= 15 is 0 Å². The molecule has 0 saturated carbocycles. The number of aliphatic carboxylic acids is 1. The van der Waals surface area contributed by atoms with Crippen LogP contribution >= 0.6 is 0 Å². The van der Waals surface area contributed by atoms with Crippen molar-refractivity contribution in [3.63, 3.8) is 0 Å². The van der Waals surface area contributed by atoms with Gasteiger partial charge in [0.2, 0.25) is 5.91 Å². The van der Waals surface area contributed by atoms with E-state index in [4.69, 9.17) is 5.11 Å². The molecule has 0 aliphatic heterocycles. The molecule has 5 heteroatoms. The lowest BCUT2D eigenvalue weighted by Gasteiger charge is -2.16. The van der Waals surface area contributed by atoms with Crippen molar-refractivity contribution in [2.24, 2.45) is 5.92 Å². The highest BCUT2D eigenvalue weighted by Crippen LogP contribution is 2.05. The molecule has 0 spiro atoms. The summed E-state index contributed by atoms with van der Waals surface area (Å²) in [6.45, 7) is 5.42. The van der Waals surface area contributed by atoms with Crippen LogP contribution in [0.1, 0.15) is 33.6 Å². The van der Waals surface area contributed by atoms with Crippen LogP contribution in [0.3, 0.4) is 0 Å². The van der Waals surface area contributed by atoms with Crippen LogP contribution in [-0.4, -0.2) is 34.2 Å². The lowest BCUT2D eigenvalue weighted by atomic mass is 10.1. The first-order valence-corrected chi connectivity index (χ1v) is 5.09.